The van der Waals surface area contributed by atoms with Crippen LogP contribution in [0.3, 0.4) is 0 Å². The fraction of sp³-hybridized carbons (Fsp3) is 0.455. The average Bonchev–Trinajstić information content (AvgIpc) is 2.76. The maximum Gasteiger partial charge on any atom is -1.00 e. The van der Waals surface area contributed by atoms with Gasteiger partial charge in [-0.3, -0.25) is 0 Å². The van der Waals surface area contributed by atoms with Crippen molar-refractivity contribution in [2.24, 2.45) is 0 Å². The molecule has 1 heterocycles. The zero-order valence-corrected chi connectivity index (χ0v) is 16.0. The number of quaternary nitrogens is 1. The summed E-state index contributed by atoms with van der Waals surface area (Å²) in [7, 11) is 2.10. The standard InChI is InChI=1S/C11H16ClN4O2SSe.ClH/c1-7(16(2,3)4)13-19(17,18)9-6-5-8(12)10-11(9)15-20-14-10;/h5-7,13H,1-4H3;1H/q+1;/p-1. The van der Waals surface area contributed by atoms with Crippen molar-refractivity contribution in [3.63, 3.8) is 0 Å². The second-order valence-electron chi connectivity index (χ2n) is 5.42. The molecule has 0 fully saturated rings. The number of halogens is 2. The Morgan fingerprint density at radius 3 is 2.38 bits per heavy atom. The first-order chi connectivity index (χ1) is 9.13. The Morgan fingerprint density at radius 1 is 1.24 bits per heavy atom. The number of nitrogens with zero attached hydrogens (tertiary/aromatic N) is 3. The van der Waals surface area contributed by atoms with Gasteiger partial charge in [0.05, 0.1) is 0 Å². The van der Waals surface area contributed by atoms with E-state index in [1.54, 1.807) is 6.07 Å². The Hall–Kier alpha value is -0.211. The van der Waals surface area contributed by atoms with Gasteiger partial charge in [0.25, 0.3) is 0 Å². The van der Waals surface area contributed by atoms with Gasteiger partial charge in [0.15, 0.2) is 0 Å². The molecule has 2 rings (SSSR count). The summed E-state index contributed by atoms with van der Waals surface area (Å²) in [5, 5.41) is 0.432. The van der Waals surface area contributed by atoms with Crippen molar-refractivity contribution in [2.45, 2.75) is 18.0 Å². The first-order valence-electron chi connectivity index (χ1n) is 5.87. The van der Waals surface area contributed by atoms with Crippen LogP contribution in [-0.2, 0) is 10.0 Å². The largest absolute Gasteiger partial charge is 1.00 e. The number of nitrogens with one attached hydrogen (secondary N) is 1. The monoisotopic (exact) mass is 418 g/mol. The van der Waals surface area contributed by atoms with Crippen LogP contribution in [0, 0.1) is 0 Å². The molecule has 1 unspecified atom stereocenters. The van der Waals surface area contributed by atoms with Gasteiger partial charge in [-0.2, -0.15) is 0 Å². The molecule has 0 radical (unpaired) electrons. The van der Waals surface area contributed by atoms with Crippen molar-refractivity contribution in [2.75, 3.05) is 21.1 Å². The predicted molar refractivity (Wildman–Crippen MR) is 79.3 cm³/mol. The Bertz CT molecular complexity index is 742. The van der Waals surface area contributed by atoms with Crippen LogP contribution in [0.5, 0.6) is 0 Å². The molecule has 0 aliphatic carbocycles. The number of sulfonamides is 1. The summed E-state index contributed by atoms with van der Waals surface area (Å²) in [5.74, 6) is 0. The fourth-order valence-corrected chi connectivity index (χ4v) is 4.66. The number of hydrogen-bond acceptors (Lipinski definition) is 4. The van der Waals surface area contributed by atoms with Gasteiger partial charge in [-0.15, -0.1) is 0 Å². The number of benzene rings is 1. The molecule has 0 saturated carbocycles. The summed E-state index contributed by atoms with van der Waals surface area (Å²) in [6.07, 6.45) is -0.268. The second kappa shape index (κ2) is 6.50. The smallest absolute Gasteiger partial charge is 1.00 e. The van der Waals surface area contributed by atoms with Gasteiger partial charge in [-0.1, -0.05) is 0 Å². The predicted octanol–water partition coefficient (Wildman–Crippen LogP) is -2.33. The minimum absolute atomic E-state index is 0. The summed E-state index contributed by atoms with van der Waals surface area (Å²) in [6.45, 7) is 1.82. The van der Waals surface area contributed by atoms with E-state index in [1.807, 2.05) is 28.1 Å². The van der Waals surface area contributed by atoms with E-state index in [1.165, 1.54) is 6.07 Å². The zero-order chi connectivity index (χ0) is 15.1. The van der Waals surface area contributed by atoms with Crippen LogP contribution in [0.2, 0.25) is 5.02 Å². The van der Waals surface area contributed by atoms with Gasteiger partial charge in [-0.25, -0.2) is 0 Å². The third-order valence-electron chi connectivity index (χ3n) is 3.11. The van der Waals surface area contributed by atoms with Crippen LogP contribution in [0.4, 0.5) is 0 Å². The quantitative estimate of drug-likeness (QED) is 0.344. The summed E-state index contributed by atoms with van der Waals surface area (Å²) in [6, 6.07) is 3.03. The van der Waals surface area contributed by atoms with E-state index in [9.17, 15) is 8.42 Å². The van der Waals surface area contributed by atoms with E-state index in [2.05, 4.69) is 12.7 Å². The van der Waals surface area contributed by atoms with Crippen LogP contribution in [-0.4, -0.2) is 63.1 Å². The summed E-state index contributed by atoms with van der Waals surface area (Å²) in [4.78, 5) is 0.139. The molecule has 0 amide bonds. The maximum atomic E-state index is 12.5. The number of rotatable bonds is 4. The van der Waals surface area contributed by atoms with Crippen LogP contribution in [0.25, 0.3) is 11.0 Å². The van der Waals surface area contributed by atoms with E-state index in [4.69, 9.17) is 11.6 Å². The fourth-order valence-electron chi connectivity index (χ4n) is 1.48. The van der Waals surface area contributed by atoms with Gasteiger partial charge in [0.2, 0.25) is 0 Å². The van der Waals surface area contributed by atoms with Crippen LogP contribution < -0.4 is 17.1 Å². The first-order valence-corrected chi connectivity index (χ1v) is 9.26. The van der Waals surface area contributed by atoms with Crippen molar-refractivity contribution in [3.8, 4) is 0 Å². The SMILES string of the molecule is CC(NS(=O)(=O)c1ccc(Cl)c2n[se]nc12)[N+](C)(C)C.[Cl-]. The molecule has 1 aromatic carbocycles. The summed E-state index contributed by atoms with van der Waals surface area (Å²) in [5.41, 5.74) is 0.853. The molecular weight excluding hydrogens is 402 g/mol. The van der Waals surface area contributed by atoms with E-state index in [0.29, 0.717) is 20.5 Å². The zero-order valence-electron chi connectivity index (χ0n) is 12.0. The molecule has 0 saturated heterocycles. The average molecular weight is 418 g/mol. The number of aromatic nitrogens is 2. The topological polar surface area (TPSA) is 72.0 Å². The minimum Gasteiger partial charge on any atom is -1.00 e. The molecule has 118 valence electrons. The molecule has 1 aromatic heterocycles. The molecule has 10 heteroatoms. The van der Waals surface area contributed by atoms with Gasteiger partial charge in [0, 0.05) is 0 Å². The van der Waals surface area contributed by atoms with Crippen LogP contribution in [0.15, 0.2) is 17.0 Å². The van der Waals surface area contributed by atoms with Gasteiger partial charge >= 0.3 is 129 Å². The number of fused-ring (bicyclic) bond motifs is 1. The Labute approximate surface area is 141 Å². The Balaban J connectivity index is 0.00000220. The summed E-state index contributed by atoms with van der Waals surface area (Å²) < 4.78 is 36.5. The van der Waals surface area contributed by atoms with Crippen LogP contribution in [0.1, 0.15) is 6.92 Å². The van der Waals surface area contributed by atoms with Crippen molar-refractivity contribution >= 4 is 47.6 Å². The first kappa shape index (κ1) is 18.8. The normalized spacial score (nSPS) is 14.0. The van der Waals surface area contributed by atoms with Gasteiger partial charge in [-0.05, 0) is 0 Å². The van der Waals surface area contributed by atoms with E-state index in [0.717, 1.165) is 0 Å². The number of hydrogen-bond donors (Lipinski definition) is 1. The van der Waals surface area contributed by atoms with Crippen molar-refractivity contribution < 1.29 is 25.3 Å². The molecule has 21 heavy (non-hydrogen) atoms. The van der Waals surface area contributed by atoms with Gasteiger partial charge in [0.1, 0.15) is 0 Å². The second-order valence-corrected chi connectivity index (χ2v) is 8.62. The minimum atomic E-state index is -3.65. The van der Waals surface area contributed by atoms with E-state index < -0.39 is 10.0 Å². The molecule has 0 aliphatic heterocycles. The van der Waals surface area contributed by atoms with E-state index >= 15 is 0 Å². The Morgan fingerprint density at radius 2 is 1.81 bits per heavy atom. The molecule has 2 aromatic rings. The molecule has 6 nitrogen and oxygen atoms in total. The third kappa shape index (κ3) is 3.96. The Kier molecular flexibility index (Phi) is 5.83. The molecule has 0 bridgehead atoms. The van der Waals surface area contributed by atoms with Gasteiger partial charge < -0.3 is 12.4 Å². The maximum absolute atomic E-state index is 12.5. The summed E-state index contributed by atoms with van der Waals surface area (Å²) >= 11 is 5.68. The van der Waals surface area contributed by atoms with Crippen molar-refractivity contribution in [1.82, 2.24) is 12.7 Å². The van der Waals surface area contributed by atoms with E-state index in [-0.39, 0.29) is 38.4 Å². The molecule has 0 aliphatic rings. The molecule has 1 N–H and O–H groups in total. The molecule has 0 spiro atoms. The molecular formula is C11H16Cl2N4O2SSe. The van der Waals surface area contributed by atoms with Crippen molar-refractivity contribution in [3.05, 3.63) is 17.2 Å². The third-order valence-corrected chi connectivity index (χ3v) is 6.08. The van der Waals surface area contributed by atoms with Crippen molar-refractivity contribution in [1.29, 1.82) is 0 Å². The van der Waals surface area contributed by atoms with Crippen LogP contribution >= 0.6 is 11.6 Å². The molecule has 1 atom stereocenters.